The first-order valence-corrected chi connectivity index (χ1v) is 10.9. The van der Waals surface area contributed by atoms with Crippen LogP contribution in [0.4, 0.5) is 5.69 Å². The number of ether oxygens (including phenoxy) is 2. The lowest BCUT2D eigenvalue weighted by atomic mass is 10.0. The molecule has 0 saturated heterocycles. The second-order valence-corrected chi connectivity index (χ2v) is 8.50. The molecule has 0 atom stereocenters. The summed E-state index contributed by atoms with van der Waals surface area (Å²) in [5.41, 5.74) is 1.12. The molecular weight excluding hydrogens is 454 g/mol. The molecule has 0 saturated carbocycles. The van der Waals surface area contributed by atoms with Crippen LogP contribution in [-0.4, -0.2) is 52.6 Å². The Morgan fingerprint density at radius 2 is 1.86 bits per heavy atom. The van der Waals surface area contributed by atoms with E-state index in [1.54, 1.807) is 62.5 Å². The zero-order chi connectivity index (χ0) is 25.4. The van der Waals surface area contributed by atoms with E-state index in [9.17, 15) is 9.59 Å². The normalized spacial score (nSPS) is 11.3. The van der Waals surface area contributed by atoms with Gasteiger partial charge in [0.25, 0.3) is 0 Å². The molecule has 10 heteroatoms. The van der Waals surface area contributed by atoms with Gasteiger partial charge in [-0.1, -0.05) is 12.1 Å². The number of nitrogens with zero attached hydrogens (tertiary/aromatic N) is 1. The Labute approximate surface area is 202 Å². The summed E-state index contributed by atoms with van der Waals surface area (Å²) in [6.07, 6.45) is 2.04. The molecule has 0 aliphatic heterocycles. The number of aliphatic hydroxyl groups is 2. The third-order valence-corrected chi connectivity index (χ3v) is 5.15. The van der Waals surface area contributed by atoms with Gasteiger partial charge in [-0.2, -0.15) is 0 Å². The largest absolute Gasteiger partial charge is 0.496 e. The molecule has 1 aromatic heterocycles. The average molecular weight is 484 g/mol. The zero-order valence-corrected chi connectivity index (χ0v) is 19.8. The number of benzene rings is 2. The fraction of sp³-hybridized carbons (Fsp3) is 0.320. The van der Waals surface area contributed by atoms with Crippen LogP contribution in [0.3, 0.4) is 0 Å². The van der Waals surface area contributed by atoms with Gasteiger partial charge in [-0.3, -0.25) is 9.59 Å². The number of hydrogen-bond acceptors (Lipinski definition) is 8. The predicted octanol–water partition coefficient (Wildman–Crippen LogP) is 2.51. The first-order valence-electron chi connectivity index (χ1n) is 10.9. The molecule has 3 rings (SSSR count). The van der Waals surface area contributed by atoms with Crippen molar-refractivity contribution in [3.05, 3.63) is 60.6 Å². The number of carbonyl (C=O) groups is 2. The van der Waals surface area contributed by atoms with Crippen LogP contribution in [0.2, 0.25) is 0 Å². The van der Waals surface area contributed by atoms with Crippen molar-refractivity contribution in [2.75, 3.05) is 19.0 Å². The van der Waals surface area contributed by atoms with Crippen molar-refractivity contribution < 1.29 is 33.7 Å². The van der Waals surface area contributed by atoms with Crippen molar-refractivity contribution in [1.82, 2.24) is 10.3 Å². The monoisotopic (exact) mass is 483 g/mol. The van der Waals surface area contributed by atoms with E-state index in [0.29, 0.717) is 41.5 Å². The Balaban J connectivity index is 1.50. The number of methoxy groups -OCH3 is 1. The minimum absolute atomic E-state index is 0.139. The van der Waals surface area contributed by atoms with E-state index in [1.165, 1.54) is 13.5 Å². The quantitative estimate of drug-likeness (QED) is 0.254. The highest BCUT2D eigenvalue weighted by Gasteiger charge is 2.25. The van der Waals surface area contributed by atoms with Crippen molar-refractivity contribution in [1.29, 1.82) is 0 Å². The number of oxazole rings is 1. The van der Waals surface area contributed by atoms with Crippen LogP contribution < -0.4 is 20.1 Å². The number of anilines is 1. The van der Waals surface area contributed by atoms with Crippen LogP contribution in [0, 0.1) is 0 Å². The van der Waals surface area contributed by atoms with Gasteiger partial charge in [-0.25, -0.2) is 4.98 Å². The maximum Gasteiger partial charge on any atom is 0.313 e. The van der Waals surface area contributed by atoms with E-state index in [-0.39, 0.29) is 6.42 Å². The molecule has 35 heavy (non-hydrogen) atoms. The molecule has 0 spiro atoms. The lowest BCUT2D eigenvalue weighted by molar-refractivity contribution is -0.137. The van der Waals surface area contributed by atoms with E-state index in [2.05, 4.69) is 15.6 Å². The number of carbonyl (C=O) groups excluding carboxylic acids is 2. The van der Waals surface area contributed by atoms with Gasteiger partial charge in [0.15, 0.2) is 18.4 Å². The molecular formula is C25H29N3O7. The van der Waals surface area contributed by atoms with Gasteiger partial charge in [0, 0.05) is 30.1 Å². The molecule has 0 bridgehead atoms. The summed E-state index contributed by atoms with van der Waals surface area (Å²) in [6.45, 7) is 3.89. The number of nitrogens with one attached hydrogen (secondary N) is 2. The molecule has 0 aliphatic carbocycles. The SMILES string of the molecule is COc1cc(NC(=O)C(=O)NC(C)(C)CCOc2ccc(CC(O)O)cc2)ccc1-c1cnco1. The summed E-state index contributed by atoms with van der Waals surface area (Å²) in [4.78, 5) is 28.8. The minimum Gasteiger partial charge on any atom is -0.496 e. The second kappa shape index (κ2) is 11.5. The lowest BCUT2D eigenvalue weighted by Gasteiger charge is -2.26. The van der Waals surface area contributed by atoms with Gasteiger partial charge in [0.1, 0.15) is 11.5 Å². The lowest BCUT2D eigenvalue weighted by Crippen LogP contribution is -2.48. The van der Waals surface area contributed by atoms with E-state index >= 15 is 0 Å². The number of hydrogen-bond donors (Lipinski definition) is 4. The topological polar surface area (TPSA) is 143 Å². The number of aliphatic hydroxyl groups excluding tert-OH is 1. The first-order chi connectivity index (χ1) is 16.7. The molecule has 3 aromatic rings. The smallest absolute Gasteiger partial charge is 0.313 e. The predicted molar refractivity (Wildman–Crippen MR) is 128 cm³/mol. The maximum atomic E-state index is 12.5. The summed E-state index contributed by atoms with van der Waals surface area (Å²) in [5, 5.41) is 23.3. The van der Waals surface area contributed by atoms with Crippen molar-refractivity contribution in [2.45, 2.75) is 38.5 Å². The van der Waals surface area contributed by atoms with Crippen LogP contribution in [-0.2, 0) is 16.0 Å². The summed E-state index contributed by atoms with van der Waals surface area (Å²) >= 11 is 0. The highest BCUT2D eigenvalue weighted by Crippen LogP contribution is 2.32. The standard InChI is InChI=1S/C25H29N3O7/c1-25(2,10-11-34-18-7-4-16(5-8-18)12-22(29)30)28-24(32)23(31)27-17-6-9-19(20(13-17)33-3)21-14-26-15-35-21/h4-9,13-15,22,29-30H,10-12H2,1-3H3,(H,27,31)(H,28,32). The fourth-order valence-corrected chi connectivity index (χ4v) is 3.29. The Morgan fingerprint density at radius 1 is 1.11 bits per heavy atom. The van der Waals surface area contributed by atoms with Gasteiger partial charge < -0.3 is 34.7 Å². The second-order valence-electron chi connectivity index (χ2n) is 8.50. The Bertz CT molecular complexity index is 1130. The van der Waals surface area contributed by atoms with Crippen LogP contribution in [0.25, 0.3) is 11.3 Å². The van der Waals surface area contributed by atoms with Crippen molar-refractivity contribution in [2.24, 2.45) is 0 Å². The summed E-state index contributed by atoms with van der Waals surface area (Å²) in [5.74, 6) is -0.00145. The Hall–Kier alpha value is -3.89. The van der Waals surface area contributed by atoms with E-state index in [0.717, 1.165) is 5.56 Å². The van der Waals surface area contributed by atoms with E-state index in [1.807, 2.05) is 0 Å². The molecule has 10 nitrogen and oxygen atoms in total. The van der Waals surface area contributed by atoms with Gasteiger partial charge in [-0.05, 0) is 43.7 Å². The highest BCUT2D eigenvalue weighted by molar-refractivity contribution is 6.39. The van der Waals surface area contributed by atoms with E-state index < -0.39 is 23.6 Å². The van der Waals surface area contributed by atoms with E-state index in [4.69, 9.17) is 24.1 Å². The Kier molecular flexibility index (Phi) is 8.45. The Morgan fingerprint density at radius 3 is 2.49 bits per heavy atom. The van der Waals surface area contributed by atoms with Gasteiger partial charge in [0.05, 0.1) is 25.5 Å². The van der Waals surface area contributed by atoms with Gasteiger partial charge in [-0.15, -0.1) is 0 Å². The molecule has 186 valence electrons. The third kappa shape index (κ3) is 7.56. The van der Waals surface area contributed by atoms with Crippen molar-refractivity contribution in [3.63, 3.8) is 0 Å². The summed E-state index contributed by atoms with van der Waals surface area (Å²) in [7, 11) is 1.49. The van der Waals surface area contributed by atoms with Crippen LogP contribution in [0.5, 0.6) is 11.5 Å². The molecule has 0 fully saturated rings. The van der Waals surface area contributed by atoms with Crippen LogP contribution in [0.1, 0.15) is 25.8 Å². The number of aromatic nitrogens is 1. The molecule has 2 amide bonds. The van der Waals surface area contributed by atoms with Gasteiger partial charge >= 0.3 is 11.8 Å². The molecule has 0 aliphatic rings. The average Bonchev–Trinajstić information content (AvgIpc) is 3.34. The van der Waals surface area contributed by atoms with Crippen LogP contribution >= 0.6 is 0 Å². The van der Waals surface area contributed by atoms with Crippen molar-refractivity contribution in [3.8, 4) is 22.8 Å². The molecule has 1 heterocycles. The maximum absolute atomic E-state index is 12.5. The minimum atomic E-state index is -1.40. The zero-order valence-electron chi connectivity index (χ0n) is 19.8. The molecule has 0 unspecified atom stereocenters. The molecule has 4 N–H and O–H groups in total. The molecule has 0 radical (unpaired) electrons. The number of rotatable bonds is 10. The summed E-state index contributed by atoms with van der Waals surface area (Å²) in [6, 6.07) is 11.9. The number of amides is 2. The van der Waals surface area contributed by atoms with Crippen LogP contribution in [0.15, 0.2) is 59.5 Å². The summed E-state index contributed by atoms with van der Waals surface area (Å²) < 4.78 is 16.3. The molecule has 2 aromatic carbocycles. The fourth-order valence-electron chi connectivity index (χ4n) is 3.29. The van der Waals surface area contributed by atoms with Crippen molar-refractivity contribution >= 4 is 17.5 Å². The third-order valence-electron chi connectivity index (χ3n) is 5.15. The highest BCUT2D eigenvalue weighted by atomic mass is 16.5. The first kappa shape index (κ1) is 25.7. The van der Waals surface area contributed by atoms with Gasteiger partial charge in [0.2, 0.25) is 0 Å².